The summed E-state index contributed by atoms with van der Waals surface area (Å²) in [6, 6.07) is 9.65. The van der Waals surface area contributed by atoms with Crippen LogP contribution in [0.5, 0.6) is 0 Å². The number of rotatable bonds is 5. The highest BCUT2D eigenvalue weighted by Crippen LogP contribution is 1.99. The van der Waals surface area contributed by atoms with Crippen molar-refractivity contribution in [1.82, 2.24) is 5.43 Å². The van der Waals surface area contributed by atoms with Crippen LogP contribution in [0, 0.1) is 0 Å². The fourth-order valence-electron chi connectivity index (χ4n) is 1.40. The smallest absolute Gasteiger partial charge is 0.244 e. The second-order valence-corrected chi connectivity index (χ2v) is 3.79. The summed E-state index contributed by atoms with van der Waals surface area (Å²) >= 11 is 0. The average Bonchev–Trinajstić information content (AvgIpc) is 2.28. The third-order valence-corrected chi connectivity index (χ3v) is 2.19. The molecule has 1 N–H and O–H groups in total. The summed E-state index contributed by atoms with van der Waals surface area (Å²) in [5.74, 6) is -0.0679. The minimum atomic E-state index is -0.0679. The van der Waals surface area contributed by atoms with E-state index in [-0.39, 0.29) is 5.91 Å². The van der Waals surface area contributed by atoms with Crippen molar-refractivity contribution in [3.05, 3.63) is 35.9 Å². The van der Waals surface area contributed by atoms with Gasteiger partial charge in [-0.15, -0.1) is 0 Å². The number of carbonyl (C=O) groups is 1. The predicted molar refractivity (Wildman–Crippen MR) is 66.3 cm³/mol. The summed E-state index contributed by atoms with van der Waals surface area (Å²) in [5.41, 5.74) is 4.53. The lowest BCUT2D eigenvalue weighted by Crippen LogP contribution is -2.20. The highest BCUT2D eigenvalue weighted by Gasteiger charge is 2.01. The van der Waals surface area contributed by atoms with Crippen LogP contribution in [-0.2, 0) is 11.2 Å². The lowest BCUT2D eigenvalue weighted by Gasteiger charge is -2.01. The maximum Gasteiger partial charge on any atom is 0.244 e. The summed E-state index contributed by atoms with van der Waals surface area (Å²) in [5, 5.41) is 4.03. The Morgan fingerprint density at radius 2 is 2.00 bits per heavy atom. The molecule has 16 heavy (non-hydrogen) atoms. The van der Waals surface area contributed by atoms with E-state index in [1.807, 2.05) is 37.3 Å². The van der Waals surface area contributed by atoms with Gasteiger partial charge in [-0.25, -0.2) is 5.43 Å². The van der Waals surface area contributed by atoms with Gasteiger partial charge in [0.1, 0.15) is 0 Å². The maximum absolute atomic E-state index is 11.5. The lowest BCUT2D eigenvalue weighted by atomic mass is 10.1. The van der Waals surface area contributed by atoms with Crippen molar-refractivity contribution < 1.29 is 4.79 Å². The molecule has 0 heterocycles. The number of amides is 1. The molecule has 86 valence electrons. The van der Waals surface area contributed by atoms with Crippen LogP contribution in [-0.4, -0.2) is 11.6 Å². The van der Waals surface area contributed by atoms with Crippen molar-refractivity contribution in [2.75, 3.05) is 0 Å². The van der Waals surface area contributed by atoms with Crippen molar-refractivity contribution in [1.29, 1.82) is 0 Å². The molecule has 0 radical (unpaired) electrons. The van der Waals surface area contributed by atoms with E-state index >= 15 is 0 Å². The highest BCUT2D eigenvalue weighted by atomic mass is 16.2. The van der Waals surface area contributed by atoms with E-state index in [2.05, 4.69) is 17.5 Å². The van der Waals surface area contributed by atoms with Gasteiger partial charge in [-0.3, -0.25) is 4.79 Å². The fraction of sp³-hybridized carbons (Fsp3) is 0.385. The van der Waals surface area contributed by atoms with Gasteiger partial charge in [-0.2, -0.15) is 5.10 Å². The first kappa shape index (κ1) is 12.4. The molecule has 0 aliphatic carbocycles. The largest absolute Gasteiger partial charge is 0.273 e. The maximum atomic E-state index is 11.5. The van der Waals surface area contributed by atoms with Crippen molar-refractivity contribution >= 4 is 11.6 Å². The first-order valence-corrected chi connectivity index (χ1v) is 5.58. The Morgan fingerprint density at radius 1 is 1.31 bits per heavy atom. The summed E-state index contributed by atoms with van der Waals surface area (Å²) in [6.45, 7) is 4.01. The molecule has 1 rings (SSSR count). The van der Waals surface area contributed by atoms with Crippen molar-refractivity contribution in [3.63, 3.8) is 0 Å². The predicted octanol–water partition coefficient (Wildman–Crippen LogP) is 2.52. The number of nitrogens with one attached hydrogen (secondary N) is 1. The van der Waals surface area contributed by atoms with Crippen molar-refractivity contribution in [2.24, 2.45) is 5.10 Å². The van der Waals surface area contributed by atoms with Crippen LogP contribution in [0.25, 0.3) is 0 Å². The van der Waals surface area contributed by atoms with Crippen LogP contribution < -0.4 is 5.43 Å². The fourth-order valence-corrected chi connectivity index (χ4v) is 1.40. The minimum Gasteiger partial charge on any atom is -0.273 e. The van der Waals surface area contributed by atoms with Crippen LogP contribution in [0.2, 0.25) is 0 Å². The van der Waals surface area contributed by atoms with Crippen LogP contribution in [0.1, 0.15) is 32.3 Å². The zero-order valence-electron chi connectivity index (χ0n) is 9.86. The van der Waals surface area contributed by atoms with E-state index in [0.29, 0.717) is 6.42 Å². The molecule has 0 aliphatic rings. The molecule has 0 fully saturated rings. The molecule has 1 aromatic carbocycles. The quantitative estimate of drug-likeness (QED) is 0.599. The number of hydrogen-bond acceptors (Lipinski definition) is 2. The molecule has 0 bridgehead atoms. The Bertz CT molecular complexity index is 357. The summed E-state index contributed by atoms with van der Waals surface area (Å²) in [7, 11) is 0. The zero-order chi connectivity index (χ0) is 11.8. The Kier molecular flexibility index (Phi) is 5.26. The van der Waals surface area contributed by atoms with Gasteiger partial charge in [0.05, 0.1) is 6.42 Å². The number of nitrogens with zero attached hydrogens (tertiary/aromatic N) is 1. The first-order chi connectivity index (χ1) is 7.72. The molecule has 0 saturated carbocycles. The molecule has 0 spiro atoms. The Morgan fingerprint density at radius 3 is 2.62 bits per heavy atom. The van der Waals surface area contributed by atoms with Crippen LogP contribution >= 0.6 is 0 Å². The first-order valence-electron chi connectivity index (χ1n) is 5.58. The van der Waals surface area contributed by atoms with E-state index in [0.717, 1.165) is 24.1 Å². The normalized spacial score (nSPS) is 11.2. The third-order valence-electron chi connectivity index (χ3n) is 2.19. The third kappa shape index (κ3) is 4.73. The highest BCUT2D eigenvalue weighted by molar-refractivity contribution is 5.84. The molecule has 1 aromatic rings. The van der Waals surface area contributed by atoms with E-state index in [9.17, 15) is 4.79 Å². The second-order valence-electron chi connectivity index (χ2n) is 3.79. The van der Waals surface area contributed by atoms with Crippen LogP contribution in [0.15, 0.2) is 35.4 Å². The zero-order valence-corrected chi connectivity index (χ0v) is 9.86. The van der Waals surface area contributed by atoms with Gasteiger partial charge in [0.15, 0.2) is 0 Å². The minimum absolute atomic E-state index is 0.0679. The molecule has 1 amide bonds. The van der Waals surface area contributed by atoms with Crippen LogP contribution in [0.4, 0.5) is 0 Å². The molecule has 3 heteroatoms. The van der Waals surface area contributed by atoms with E-state index < -0.39 is 0 Å². The Labute approximate surface area is 96.6 Å². The summed E-state index contributed by atoms with van der Waals surface area (Å²) in [4.78, 5) is 11.5. The summed E-state index contributed by atoms with van der Waals surface area (Å²) < 4.78 is 0. The standard InChI is InChI=1S/C13H18N2O/c1-3-7-11(2)14-15-13(16)10-12-8-5-4-6-9-12/h4-6,8-9H,3,7,10H2,1-2H3,(H,15,16). The Hall–Kier alpha value is -1.64. The molecule has 0 unspecified atom stereocenters. The summed E-state index contributed by atoms with van der Waals surface area (Å²) in [6.07, 6.45) is 2.35. The van der Waals surface area contributed by atoms with Gasteiger partial charge in [0.25, 0.3) is 0 Å². The topological polar surface area (TPSA) is 41.5 Å². The van der Waals surface area contributed by atoms with Gasteiger partial charge in [-0.1, -0.05) is 43.7 Å². The van der Waals surface area contributed by atoms with Gasteiger partial charge < -0.3 is 0 Å². The average molecular weight is 218 g/mol. The van der Waals surface area contributed by atoms with Gasteiger partial charge in [-0.05, 0) is 18.9 Å². The Balaban J connectivity index is 2.40. The van der Waals surface area contributed by atoms with Gasteiger partial charge in [0, 0.05) is 5.71 Å². The molecule has 3 nitrogen and oxygen atoms in total. The second kappa shape index (κ2) is 6.77. The molecule has 0 saturated heterocycles. The van der Waals surface area contributed by atoms with Gasteiger partial charge >= 0.3 is 0 Å². The molecule has 0 aliphatic heterocycles. The number of carbonyl (C=O) groups excluding carboxylic acids is 1. The van der Waals surface area contributed by atoms with Crippen molar-refractivity contribution in [3.8, 4) is 0 Å². The number of hydrazone groups is 1. The van der Waals surface area contributed by atoms with Gasteiger partial charge in [0.2, 0.25) is 5.91 Å². The molecule has 0 atom stereocenters. The van der Waals surface area contributed by atoms with Crippen LogP contribution in [0.3, 0.4) is 0 Å². The van der Waals surface area contributed by atoms with E-state index in [1.165, 1.54) is 0 Å². The lowest BCUT2D eigenvalue weighted by molar-refractivity contribution is -0.120. The van der Waals surface area contributed by atoms with E-state index in [4.69, 9.17) is 0 Å². The number of hydrogen-bond donors (Lipinski definition) is 1. The SMILES string of the molecule is CCCC(C)=NNC(=O)Cc1ccccc1. The molecular formula is C13H18N2O. The van der Waals surface area contributed by atoms with Crippen molar-refractivity contribution in [2.45, 2.75) is 33.1 Å². The number of benzene rings is 1. The molecule has 0 aromatic heterocycles. The van der Waals surface area contributed by atoms with E-state index in [1.54, 1.807) is 0 Å². The molecular weight excluding hydrogens is 200 g/mol. The monoisotopic (exact) mass is 218 g/mol.